The molecule has 0 bridgehead atoms. The van der Waals surface area contributed by atoms with Crippen molar-refractivity contribution in [2.75, 3.05) is 0 Å². The molecule has 0 amide bonds. The first-order valence-electron chi connectivity index (χ1n) is 6.08. The van der Waals surface area contributed by atoms with Gasteiger partial charge in [-0.15, -0.1) is 0 Å². The van der Waals surface area contributed by atoms with Gasteiger partial charge in [0, 0.05) is 18.3 Å². The van der Waals surface area contributed by atoms with Gasteiger partial charge in [0.15, 0.2) is 5.84 Å². The fraction of sp³-hybridized carbons (Fsp3) is 0.538. The number of pyridine rings is 1. The topological polar surface area (TPSA) is 104 Å². The van der Waals surface area contributed by atoms with Gasteiger partial charge in [0.2, 0.25) is 0 Å². The highest BCUT2D eigenvalue weighted by atomic mass is 16.4. The van der Waals surface area contributed by atoms with Crippen molar-refractivity contribution in [3.8, 4) is 0 Å². The zero-order chi connectivity index (χ0) is 14.7. The first kappa shape index (κ1) is 15.4. The van der Waals surface area contributed by atoms with E-state index in [1.807, 2.05) is 19.9 Å². The Kier molecular flexibility index (Phi) is 4.49. The summed E-state index contributed by atoms with van der Waals surface area (Å²) in [7, 11) is 0. The third kappa shape index (κ3) is 3.65. The highest BCUT2D eigenvalue weighted by molar-refractivity contribution is 5.96. The summed E-state index contributed by atoms with van der Waals surface area (Å²) in [6.45, 7) is 7.76. The molecule has 1 heterocycles. The predicted octanol–water partition coefficient (Wildman–Crippen LogP) is 0.815. The molecule has 0 aliphatic carbocycles. The summed E-state index contributed by atoms with van der Waals surface area (Å²) in [6.07, 6.45) is 1.58. The Hall–Kier alpha value is -1.66. The normalized spacial score (nSPS) is 13.6. The van der Waals surface area contributed by atoms with Crippen LogP contribution >= 0.6 is 0 Å². The van der Waals surface area contributed by atoms with Crippen molar-refractivity contribution in [1.82, 2.24) is 10.3 Å². The molecule has 1 aromatic rings. The number of amidine groups is 1. The first-order valence-corrected chi connectivity index (χ1v) is 6.08. The number of aromatic nitrogens is 1. The Morgan fingerprint density at radius 1 is 1.42 bits per heavy atom. The summed E-state index contributed by atoms with van der Waals surface area (Å²) >= 11 is 0. The van der Waals surface area contributed by atoms with E-state index in [-0.39, 0.29) is 5.84 Å². The third-order valence-corrected chi connectivity index (χ3v) is 3.49. The molecule has 0 saturated heterocycles. The number of nitrogens with two attached hydrogens (primary N) is 1. The fourth-order valence-corrected chi connectivity index (χ4v) is 1.39. The van der Waals surface area contributed by atoms with E-state index in [2.05, 4.69) is 15.5 Å². The molecule has 0 atom stereocenters. The molecule has 6 heteroatoms. The minimum absolute atomic E-state index is 0.0292. The van der Waals surface area contributed by atoms with Gasteiger partial charge in [-0.1, -0.05) is 11.2 Å². The Labute approximate surface area is 113 Å². The molecule has 5 N–H and O–H groups in total. The van der Waals surface area contributed by atoms with Crippen molar-refractivity contribution in [1.29, 1.82) is 0 Å². The van der Waals surface area contributed by atoms with Gasteiger partial charge >= 0.3 is 0 Å². The maximum Gasteiger partial charge on any atom is 0.189 e. The maximum absolute atomic E-state index is 10.1. The molecule has 0 radical (unpaired) electrons. The summed E-state index contributed by atoms with van der Waals surface area (Å²) < 4.78 is 0. The summed E-state index contributed by atoms with van der Waals surface area (Å²) in [5, 5.41) is 25.0. The van der Waals surface area contributed by atoms with E-state index in [1.54, 1.807) is 26.1 Å². The second kappa shape index (κ2) is 5.54. The van der Waals surface area contributed by atoms with E-state index in [0.29, 0.717) is 12.2 Å². The van der Waals surface area contributed by atoms with Crippen LogP contribution in [-0.2, 0) is 6.54 Å². The van der Waals surface area contributed by atoms with Crippen molar-refractivity contribution in [3.05, 3.63) is 29.6 Å². The fourth-order valence-electron chi connectivity index (χ4n) is 1.39. The number of nitrogens with one attached hydrogen (secondary N) is 1. The lowest BCUT2D eigenvalue weighted by molar-refractivity contribution is -0.00533. The van der Waals surface area contributed by atoms with Gasteiger partial charge in [0.05, 0.1) is 5.60 Å². The number of hydrogen-bond acceptors (Lipinski definition) is 5. The SMILES string of the molecule is CC(C)(O)C(C)(C)NCc1cccnc1/C(N)=N/O. The van der Waals surface area contributed by atoms with Gasteiger partial charge in [-0.25, -0.2) is 0 Å². The van der Waals surface area contributed by atoms with E-state index in [4.69, 9.17) is 10.9 Å². The Morgan fingerprint density at radius 2 is 2.05 bits per heavy atom. The van der Waals surface area contributed by atoms with Crippen LogP contribution in [0.2, 0.25) is 0 Å². The molecule has 1 rings (SSSR count). The van der Waals surface area contributed by atoms with Crippen molar-refractivity contribution in [2.24, 2.45) is 10.9 Å². The van der Waals surface area contributed by atoms with Crippen LogP contribution in [0.15, 0.2) is 23.5 Å². The summed E-state index contributed by atoms with van der Waals surface area (Å²) in [6, 6.07) is 3.62. The van der Waals surface area contributed by atoms with E-state index in [1.165, 1.54) is 0 Å². The third-order valence-electron chi connectivity index (χ3n) is 3.49. The minimum Gasteiger partial charge on any atom is -0.409 e. The minimum atomic E-state index is -0.883. The molecule has 1 aromatic heterocycles. The molecular formula is C13H22N4O2. The average Bonchev–Trinajstić information content (AvgIpc) is 2.34. The lowest BCUT2D eigenvalue weighted by Gasteiger charge is -2.38. The molecule has 0 aliphatic heterocycles. The van der Waals surface area contributed by atoms with Gasteiger partial charge in [0.25, 0.3) is 0 Å². The van der Waals surface area contributed by atoms with Gasteiger partial charge in [0.1, 0.15) is 5.69 Å². The number of nitrogens with zero attached hydrogens (tertiary/aromatic N) is 2. The van der Waals surface area contributed by atoms with E-state index in [0.717, 1.165) is 5.56 Å². The largest absolute Gasteiger partial charge is 0.409 e. The lowest BCUT2D eigenvalue weighted by Crippen LogP contribution is -2.55. The van der Waals surface area contributed by atoms with E-state index in [9.17, 15) is 5.11 Å². The molecule has 0 aromatic carbocycles. The van der Waals surface area contributed by atoms with Crippen LogP contribution in [0.1, 0.15) is 39.0 Å². The van der Waals surface area contributed by atoms with Crippen LogP contribution < -0.4 is 11.1 Å². The monoisotopic (exact) mass is 266 g/mol. The Balaban J connectivity index is 2.91. The summed E-state index contributed by atoms with van der Waals surface area (Å²) in [4.78, 5) is 4.09. The highest BCUT2D eigenvalue weighted by Gasteiger charge is 2.34. The highest BCUT2D eigenvalue weighted by Crippen LogP contribution is 2.21. The average molecular weight is 266 g/mol. The van der Waals surface area contributed by atoms with Gasteiger partial charge in [-0.05, 0) is 39.3 Å². The first-order chi connectivity index (χ1) is 8.69. The molecule has 6 nitrogen and oxygen atoms in total. The summed E-state index contributed by atoms with van der Waals surface area (Å²) in [5.74, 6) is -0.0292. The van der Waals surface area contributed by atoms with Crippen LogP contribution in [0.3, 0.4) is 0 Å². The number of aliphatic hydroxyl groups is 1. The van der Waals surface area contributed by atoms with Crippen molar-refractivity contribution in [3.63, 3.8) is 0 Å². The molecule has 0 spiro atoms. The van der Waals surface area contributed by atoms with E-state index < -0.39 is 11.1 Å². The van der Waals surface area contributed by atoms with Gasteiger partial charge in [-0.3, -0.25) is 4.98 Å². The maximum atomic E-state index is 10.1. The van der Waals surface area contributed by atoms with Crippen molar-refractivity contribution >= 4 is 5.84 Å². The van der Waals surface area contributed by atoms with Crippen LogP contribution in [0.5, 0.6) is 0 Å². The van der Waals surface area contributed by atoms with Crippen LogP contribution in [0, 0.1) is 0 Å². The molecule has 0 aliphatic rings. The van der Waals surface area contributed by atoms with Crippen LogP contribution in [0.25, 0.3) is 0 Å². The number of rotatable bonds is 5. The molecule has 0 unspecified atom stereocenters. The van der Waals surface area contributed by atoms with E-state index >= 15 is 0 Å². The Morgan fingerprint density at radius 3 is 2.58 bits per heavy atom. The smallest absolute Gasteiger partial charge is 0.189 e. The lowest BCUT2D eigenvalue weighted by atomic mass is 9.86. The summed E-state index contributed by atoms with van der Waals surface area (Å²) in [5.41, 5.74) is 5.44. The second-order valence-electron chi connectivity index (χ2n) is 5.53. The standard InChI is InChI=1S/C13H22N4O2/c1-12(2,13(3,4)18)16-8-9-6-5-7-15-10(9)11(14)17-19/h5-7,16,18-19H,8H2,1-4H3,(H2,14,17). The molecule has 106 valence electrons. The zero-order valence-corrected chi connectivity index (χ0v) is 11.8. The number of hydrogen-bond donors (Lipinski definition) is 4. The van der Waals surface area contributed by atoms with Crippen LogP contribution in [0.4, 0.5) is 0 Å². The quantitative estimate of drug-likeness (QED) is 0.273. The van der Waals surface area contributed by atoms with Crippen LogP contribution in [-0.4, -0.2) is 32.3 Å². The van der Waals surface area contributed by atoms with Crippen molar-refractivity contribution in [2.45, 2.75) is 45.4 Å². The van der Waals surface area contributed by atoms with Gasteiger partial charge < -0.3 is 21.4 Å². The zero-order valence-electron chi connectivity index (χ0n) is 11.8. The predicted molar refractivity (Wildman–Crippen MR) is 74.0 cm³/mol. The molecule has 19 heavy (non-hydrogen) atoms. The molecule has 0 saturated carbocycles. The van der Waals surface area contributed by atoms with Crippen molar-refractivity contribution < 1.29 is 10.3 Å². The Bertz CT molecular complexity index is 464. The molecule has 0 fully saturated rings. The molecular weight excluding hydrogens is 244 g/mol. The second-order valence-corrected chi connectivity index (χ2v) is 5.53. The van der Waals surface area contributed by atoms with Gasteiger partial charge in [-0.2, -0.15) is 0 Å². The number of oxime groups is 1.